The maximum absolute atomic E-state index is 13.8. The second-order valence-corrected chi connectivity index (χ2v) is 8.99. The van der Waals surface area contributed by atoms with Crippen LogP contribution in [0.2, 0.25) is 0 Å². The maximum Gasteiger partial charge on any atom is 0.251 e. The van der Waals surface area contributed by atoms with Crippen LogP contribution in [-0.2, 0) is 17.8 Å². The summed E-state index contributed by atoms with van der Waals surface area (Å²) in [7, 11) is 0. The first kappa shape index (κ1) is 21.6. The molecule has 2 atom stereocenters. The summed E-state index contributed by atoms with van der Waals surface area (Å²) in [6.07, 6.45) is 6.53. The van der Waals surface area contributed by atoms with Gasteiger partial charge in [0.1, 0.15) is 5.82 Å². The molecule has 0 unspecified atom stereocenters. The van der Waals surface area contributed by atoms with E-state index >= 15 is 0 Å². The third-order valence-electron chi connectivity index (χ3n) is 5.94. The lowest BCUT2D eigenvalue weighted by molar-refractivity contribution is -0.130. The summed E-state index contributed by atoms with van der Waals surface area (Å²) < 4.78 is 13.8. The van der Waals surface area contributed by atoms with Gasteiger partial charge in [0, 0.05) is 23.4 Å². The van der Waals surface area contributed by atoms with Gasteiger partial charge in [-0.3, -0.25) is 19.9 Å². The molecule has 0 bridgehead atoms. The van der Waals surface area contributed by atoms with E-state index in [4.69, 9.17) is 11.8 Å². The number of terminal acetylenes is 1. The molecule has 0 radical (unpaired) electrons. The molecule has 1 aliphatic heterocycles. The number of nitrogens with one attached hydrogen (secondary N) is 3. The van der Waals surface area contributed by atoms with Gasteiger partial charge in [-0.2, -0.15) is 0 Å². The lowest BCUT2D eigenvalue weighted by Gasteiger charge is -2.38. The van der Waals surface area contributed by atoms with Gasteiger partial charge < -0.3 is 10.6 Å². The highest BCUT2D eigenvalue weighted by atomic mass is 19.1. The average Bonchev–Trinajstić information content (AvgIpc) is 3.07. The number of halogens is 1. The van der Waals surface area contributed by atoms with Crippen LogP contribution in [0.5, 0.6) is 0 Å². The molecule has 164 valence electrons. The van der Waals surface area contributed by atoms with E-state index in [2.05, 4.69) is 16.6 Å². The van der Waals surface area contributed by atoms with Crippen molar-refractivity contribution in [3.05, 3.63) is 70.5 Å². The molecule has 4 rings (SSSR count). The van der Waals surface area contributed by atoms with Crippen molar-refractivity contribution in [3.63, 3.8) is 0 Å². The fourth-order valence-electron chi connectivity index (χ4n) is 4.36. The Morgan fingerprint density at radius 3 is 2.84 bits per heavy atom. The summed E-state index contributed by atoms with van der Waals surface area (Å²) >= 11 is 0. The molecular weight excluding hydrogens is 407 g/mol. The highest BCUT2D eigenvalue weighted by Crippen LogP contribution is 2.36. The minimum Gasteiger partial charge on any atom is -0.351 e. The minimum atomic E-state index is -0.467. The third kappa shape index (κ3) is 4.22. The first-order valence-electron chi connectivity index (χ1n) is 10.5. The highest BCUT2D eigenvalue weighted by molar-refractivity contribution is 5.99. The summed E-state index contributed by atoms with van der Waals surface area (Å²) in [4.78, 5) is 26.9. The fourth-order valence-corrected chi connectivity index (χ4v) is 4.36. The van der Waals surface area contributed by atoms with Crippen LogP contribution in [0.25, 0.3) is 0 Å². The SMILES string of the molecule is C#C[C@@H]1Cc2ccc(F)cc2[C@H]1NC(=O)c1cccc(CN2C(=N)NC(C)(C)CC2=O)c1. The Morgan fingerprint density at radius 1 is 1.34 bits per heavy atom. The quantitative estimate of drug-likeness (QED) is 0.649. The second-order valence-electron chi connectivity index (χ2n) is 8.99. The van der Waals surface area contributed by atoms with Crippen molar-refractivity contribution in [3.8, 4) is 12.3 Å². The van der Waals surface area contributed by atoms with Gasteiger partial charge in [0.05, 0.1) is 12.6 Å². The molecular formula is C25H25FN4O2. The first-order chi connectivity index (χ1) is 15.2. The van der Waals surface area contributed by atoms with Crippen molar-refractivity contribution in [1.29, 1.82) is 5.41 Å². The van der Waals surface area contributed by atoms with E-state index in [1.807, 2.05) is 19.9 Å². The lowest BCUT2D eigenvalue weighted by atomic mass is 9.97. The minimum absolute atomic E-state index is 0.0440. The summed E-state index contributed by atoms with van der Waals surface area (Å²) in [6, 6.07) is 11.0. The molecule has 0 aromatic heterocycles. The van der Waals surface area contributed by atoms with Crippen molar-refractivity contribution in [2.45, 2.75) is 44.8 Å². The van der Waals surface area contributed by atoms with E-state index in [0.717, 1.165) is 11.1 Å². The van der Waals surface area contributed by atoms with Crippen LogP contribution in [-0.4, -0.2) is 28.2 Å². The average molecular weight is 432 g/mol. The Kier molecular flexibility index (Phi) is 5.47. The second kappa shape index (κ2) is 8.12. The molecule has 0 saturated carbocycles. The fraction of sp³-hybridized carbons (Fsp3) is 0.320. The van der Waals surface area contributed by atoms with Crippen LogP contribution >= 0.6 is 0 Å². The number of hydrogen-bond acceptors (Lipinski definition) is 3. The predicted octanol–water partition coefficient (Wildman–Crippen LogP) is 3.14. The zero-order valence-corrected chi connectivity index (χ0v) is 18.0. The van der Waals surface area contributed by atoms with Gasteiger partial charge in [0.15, 0.2) is 5.96 Å². The van der Waals surface area contributed by atoms with Crippen molar-refractivity contribution < 1.29 is 14.0 Å². The van der Waals surface area contributed by atoms with Gasteiger partial charge in [-0.05, 0) is 61.2 Å². The largest absolute Gasteiger partial charge is 0.351 e. The molecule has 2 aromatic carbocycles. The standard InChI is InChI=1S/C25H25FN4O2/c1-4-16-11-17-8-9-19(26)12-20(17)22(16)28-23(32)18-7-5-6-15(10-18)14-30-21(31)13-25(2,3)29-24(30)27/h1,5-10,12,16,22H,11,13-14H2,2-3H3,(H2,27,29)(H,28,32)/t16-,22+/m1/s1. The van der Waals surface area contributed by atoms with E-state index in [9.17, 15) is 14.0 Å². The van der Waals surface area contributed by atoms with Crippen molar-refractivity contribution in [1.82, 2.24) is 15.5 Å². The van der Waals surface area contributed by atoms with Gasteiger partial charge >= 0.3 is 0 Å². The number of nitrogens with zero attached hydrogens (tertiary/aromatic N) is 1. The van der Waals surface area contributed by atoms with Gasteiger partial charge in [0.25, 0.3) is 5.91 Å². The van der Waals surface area contributed by atoms with Gasteiger partial charge in [-0.25, -0.2) is 4.39 Å². The zero-order chi connectivity index (χ0) is 23.0. The number of rotatable bonds is 4. The Balaban J connectivity index is 1.51. The normalized spacial score (nSPS) is 21.5. The van der Waals surface area contributed by atoms with Gasteiger partial charge in [-0.1, -0.05) is 18.2 Å². The molecule has 1 aliphatic carbocycles. The maximum atomic E-state index is 13.8. The van der Waals surface area contributed by atoms with Crippen LogP contribution in [0, 0.1) is 29.5 Å². The number of guanidine groups is 1. The topological polar surface area (TPSA) is 85.3 Å². The van der Waals surface area contributed by atoms with Crippen LogP contribution in [0.3, 0.4) is 0 Å². The molecule has 1 fully saturated rings. The van der Waals surface area contributed by atoms with Crippen LogP contribution in [0.1, 0.15) is 53.4 Å². The number of fused-ring (bicyclic) bond motifs is 1. The van der Waals surface area contributed by atoms with Crippen molar-refractivity contribution in [2.75, 3.05) is 0 Å². The summed E-state index contributed by atoms with van der Waals surface area (Å²) in [6.45, 7) is 3.93. The van der Waals surface area contributed by atoms with E-state index in [-0.39, 0.29) is 42.5 Å². The smallest absolute Gasteiger partial charge is 0.251 e. The number of carbonyl (C=O) groups excluding carboxylic acids is 2. The zero-order valence-electron chi connectivity index (χ0n) is 18.0. The van der Waals surface area contributed by atoms with Crippen LogP contribution in [0.15, 0.2) is 42.5 Å². The Morgan fingerprint density at radius 2 is 2.12 bits per heavy atom. The summed E-state index contributed by atoms with van der Waals surface area (Å²) in [5, 5.41) is 14.1. The molecule has 2 aliphatic rings. The molecule has 0 spiro atoms. The van der Waals surface area contributed by atoms with E-state index < -0.39 is 11.6 Å². The van der Waals surface area contributed by atoms with Crippen LogP contribution in [0.4, 0.5) is 4.39 Å². The first-order valence-corrected chi connectivity index (χ1v) is 10.5. The highest BCUT2D eigenvalue weighted by Gasteiger charge is 2.35. The molecule has 1 heterocycles. The number of hydrogen-bond donors (Lipinski definition) is 3. The number of benzene rings is 2. The Hall–Kier alpha value is -3.66. The summed E-state index contributed by atoms with van der Waals surface area (Å²) in [5.41, 5.74) is 2.32. The molecule has 32 heavy (non-hydrogen) atoms. The number of amides is 2. The summed E-state index contributed by atoms with van der Waals surface area (Å²) in [5.74, 6) is 1.66. The molecule has 2 amide bonds. The lowest BCUT2D eigenvalue weighted by Crippen LogP contribution is -2.59. The van der Waals surface area contributed by atoms with Crippen LogP contribution < -0.4 is 10.6 Å². The molecule has 3 N–H and O–H groups in total. The predicted molar refractivity (Wildman–Crippen MR) is 119 cm³/mol. The number of carbonyl (C=O) groups is 2. The van der Waals surface area contributed by atoms with E-state index in [0.29, 0.717) is 17.5 Å². The Labute approximate surface area is 186 Å². The van der Waals surface area contributed by atoms with Gasteiger partial charge in [0.2, 0.25) is 5.91 Å². The third-order valence-corrected chi connectivity index (χ3v) is 5.94. The van der Waals surface area contributed by atoms with E-state index in [1.165, 1.54) is 17.0 Å². The monoisotopic (exact) mass is 432 g/mol. The van der Waals surface area contributed by atoms with Crippen molar-refractivity contribution >= 4 is 17.8 Å². The van der Waals surface area contributed by atoms with E-state index in [1.54, 1.807) is 24.3 Å². The molecule has 1 saturated heterocycles. The molecule has 2 aromatic rings. The Bertz CT molecular complexity index is 1130. The molecule has 7 heteroatoms. The molecule has 6 nitrogen and oxygen atoms in total. The van der Waals surface area contributed by atoms with Gasteiger partial charge in [-0.15, -0.1) is 12.3 Å². The van der Waals surface area contributed by atoms with Crippen molar-refractivity contribution in [2.24, 2.45) is 5.92 Å².